The van der Waals surface area contributed by atoms with Crippen molar-refractivity contribution < 1.29 is 22.7 Å². The highest BCUT2D eigenvalue weighted by Gasteiger charge is 2.46. The largest absolute Gasteiger partial charge is 0.413 e. The zero-order valence-electron chi connectivity index (χ0n) is 20.0. The summed E-state index contributed by atoms with van der Waals surface area (Å²) in [7, 11) is 2.75. The van der Waals surface area contributed by atoms with Gasteiger partial charge in [-0.15, -0.1) is 5.10 Å². The van der Waals surface area contributed by atoms with Gasteiger partial charge in [-0.2, -0.15) is 22.7 Å². The molecular weight excluding hydrogens is 499 g/mol. The van der Waals surface area contributed by atoms with E-state index < -0.39 is 30.1 Å². The third-order valence-corrected chi connectivity index (χ3v) is 6.52. The molecule has 13 heteroatoms. The van der Waals surface area contributed by atoms with E-state index in [1.165, 1.54) is 49.1 Å². The zero-order valence-corrected chi connectivity index (χ0v) is 20.8. The van der Waals surface area contributed by atoms with Crippen LogP contribution in [0.2, 0.25) is 5.28 Å². The summed E-state index contributed by atoms with van der Waals surface area (Å²) in [6.07, 6.45) is -2.47. The highest BCUT2D eigenvalue weighted by atomic mass is 35.5. The number of anilines is 2. The molecule has 1 fully saturated rings. The summed E-state index contributed by atoms with van der Waals surface area (Å²) < 4.78 is 49.2. The maximum atomic E-state index is 14.1. The lowest BCUT2D eigenvalue weighted by atomic mass is 9.95. The molecule has 1 amide bonds. The van der Waals surface area contributed by atoms with Crippen molar-refractivity contribution in [2.24, 2.45) is 5.92 Å². The van der Waals surface area contributed by atoms with Crippen LogP contribution in [-0.4, -0.2) is 63.8 Å². The molecule has 4 rings (SSSR count). The quantitative estimate of drug-likeness (QED) is 0.475. The number of nitrogens with zero attached hydrogens (tertiary/aromatic N) is 5. The number of piperidine rings is 1. The molecule has 1 aliphatic rings. The maximum Gasteiger partial charge on any atom is 0.413 e. The van der Waals surface area contributed by atoms with Gasteiger partial charge in [-0.25, -0.2) is 4.98 Å². The number of methoxy groups -OCH3 is 1. The minimum atomic E-state index is -4.63. The number of amides is 1. The number of hydrogen-bond acceptors (Lipinski definition) is 7. The highest BCUT2D eigenvalue weighted by molar-refractivity contribution is 6.28. The summed E-state index contributed by atoms with van der Waals surface area (Å²) in [5.41, 5.74) is 1.60. The number of halogens is 4. The number of carbonyl (C=O) groups excluding carboxylic acids is 1. The van der Waals surface area contributed by atoms with Crippen molar-refractivity contribution >= 4 is 34.7 Å². The first-order valence-electron chi connectivity index (χ1n) is 11.4. The van der Waals surface area contributed by atoms with E-state index in [1.807, 2.05) is 6.92 Å². The van der Waals surface area contributed by atoms with Crippen LogP contribution >= 0.6 is 11.6 Å². The topological polar surface area (TPSA) is 96.7 Å². The Balaban J connectivity index is 1.60. The molecule has 0 spiro atoms. The predicted molar refractivity (Wildman–Crippen MR) is 128 cm³/mol. The Morgan fingerprint density at radius 2 is 1.94 bits per heavy atom. The van der Waals surface area contributed by atoms with Crippen LogP contribution in [-0.2, 0) is 9.53 Å². The van der Waals surface area contributed by atoms with Gasteiger partial charge >= 0.3 is 6.18 Å². The average molecular weight is 526 g/mol. The summed E-state index contributed by atoms with van der Waals surface area (Å²) in [6, 6.07) is 3.73. The SMILES string of the molecule is CO[C@@H](C)c1c(Nc2ccc([C@H](N(C)C(=O)C3CCNCC3)C(F)(F)F)cc2)cnc2nc(Cl)nn12. The van der Waals surface area contributed by atoms with E-state index >= 15 is 0 Å². The molecule has 3 heterocycles. The number of fused-ring (bicyclic) bond motifs is 1. The number of rotatable bonds is 7. The van der Waals surface area contributed by atoms with Gasteiger partial charge in [0.15, 0.2) is 6.04 Å². The second-order valence-corrected chi connectivity index (χ2v) is 9.03. The van der Waals surface area contributed by atoms with Crippen LogP contribution in [0, 0.1) is 5.92 Å². The molecular formula is C23H27ClF3N7O2. The molecule has 2 aromatic heterocycles. The van der Waals surface area contributed by atoms with Crippen molar-refractivity contribution in [1.82, 2.24) is 29.8 Å². The van der Waals surface area contributed by atoms with Crippen molar-refractivity contribution in [3.8, 4) is 0 Å². The van der Waals surface area contributed by atoms with Gasteiger partial charge in [-0.1, -0.05) is 12.1 Å². The molecule has 2 N–H and O–H groups in total. The van der Waals surface area contributed by atoms with Crippen LogP contribution in [0.5, 0.6) is 0 Å². The van der Waals surface area contributed by atoms with Crippen molar-refractivity contribution in [2.75, 3.05) is 32.6 Å². The van der Waals surface area contributed by atoms with Gasteiger partial charge in [-0.05, 0) is 62.2 Å². The normalized spacial score (nSPS) is 16.6. The first-order chi connectivity index (χ1) is 17.1. The minimum Gasteiger partial charge on any atom is -0.375 e. The Kier molecular flexibility index (Phi) is 7.67. The van der Waals surface area contributed by atoms with Gasteiger partial charge in [-0.3, -0.25) is 4.79 Å². The van der Waals surface area contributed by atoms with E-state index in [-0.39, 0.29) is 16.6 Å². The molecule has 9 nitrogen and oxygen atoms in total. The summed E-state index contributed by atoms with van der Waals surface area (Å²) in [4.78, 5) is 21.9. The van der Waals surface area contributed by atoms with Crippen LogP contribution in [0.25, 0.3) is 5.78 Å². The molecule has 0 unspecified atom stereocenters. The van der Waals surface area contributed by atoms with Crippen LogP contribution in [0.1, 0.15) is 43.2 Å². The van der Waals surface area contributed by atoms with E-state index in [2.05, 4.69) is 25.7 Å². The Labute approximate surface area is 211 Å². The molecule has 1 saturated heterocycles. The molecule has 0 aliphatic carbocycles. The third kappa shape index (κ3) is 5.40. The van der Waals surface area contributed by atoms with Gasteiger partial charge in [0.2, 0.25) is 11.2 Å². The molecule has 1 aromatic carbocycles. The van der Waals surface area contributed by atoms with Crippen LogP contribution in [0.4, 0.5) is 24.5 Å². The smallest absolute Gasteiger partial charge is 0.375 e. The predicted octanol–water partition coefficient (Wildman–Crippen LogP) is 4.29. The standard InChI is InChI=1S/C23H27ClF3N7O2/c1-13(36-3)18-17(12-29-22-31-21(24)32-34(18)22)30-16-6-4-14(5-7-16)19(23(25,26)27)33(2)20(35)15-8-10-28-11-9-15/h4-7,12-13,15,19,28,30H,8-11H2,1-3H3/t13-,19-/m0/s1. The summed E-state index contributed by atoms with van der Waals surface area (Å²) >= 11 is 5.93. The average Bonchev–Trinajstić information content (AvgIpc) is 3.24. The van der Waals surface area contributed by atoms with Crippen LogP contribution in [0.15, 0.2) is 30.5 Å². The lowest BCUT2D eigenvalue weighted by molar-refractivity contribution is -0.190. The highest BCUT2D eigenvalue weighted by Crippen LogP contribution is 2.39. The number of hydrogen-bond donors (Lipinski definition) is 2. The molecule has 0 bridgehead atoms. The van der Waals surface area contributed by atoms with E-state index in [0.29, 0.717) is 43.0 Å². The van der Waals surface area contributed by atoms with E-state index in [0.717, 1.165) is 4.90 Å². The number of aromatic nitrogens is 4. The molecule has 36 heavy (non-hydrogen) atoms. The lowest BCUT2D eigenvalue weighted by Gasteiger charge is -2.34. The fraction of sp³-hybridized carbons (Fsp3) is 0.478. The molecule has 2 atom stereocenters. The van der Waals surface area contributed by atoms with Crippen molar-refractivity contribution in [2.45, 2.75) is 38.1 Å². The van der Waals surface area contributed by atoms with Crippen molar-refractivity contribution in [3.63, 3.8) is 0 Å². The third-order valence-electron chi connectivity index (χ3n) is 6.35. The van der Waals surface area contributed by atoms with Crippen molar-refractivity contribution in [1.29, 1.82) is 0 Å². The molecule has 3 aromatic rings. The van der Waals surface area contributed by atoms with Gasteiger partial charge in [0, 0.05) is 25.8 Å². The minimum absolute atomic E-state index is 0.0231. The number of alkyl halides is 3. The second kappa shape index (κ2) is 10.6. The molecule has 0 saturated carbocycles. The molecule has 0 radical (unpaired) electrons. The van der Waals surface area contributed by atoms with E-state index in [9.17, 15) is 18.0 Å². The lowest BCUT2D eigenvalue weighted by Crippen LogP contribution is -2.45. The number of benzene rings is 1. The summed E-state index contributed by atoms with van der Waals surface area (Å²) in [5.74, 6) is -0.629. The Morgan fingerprint density at radius 1 is 1.28 bits per heavy atom. The first-order valence-corrected chi connectivity index (χ1v) is 11.8. The summed E-state index contributed by atoms with van der Waals surface area (Å²) in [5, 5.41) is 10.4. The first kappa shape index (κ1) is 26.1. The van der Waals surface area contributed by atoms with Gasteiger partial charge in [0.25, 0.3) is 5.78 Å². The van der Waals surface area contributed by atoms with Crippen molar-refractivity contribution in [3.05, 3.63) is 47.0 Å². The molecule has 194 valence electrons. The fourth-order valence-corrected chi connectivity index (χ4v) is 4.60. The fourth-order valence-electron chi connectivity index (χ4n) is 4.45. The van der Waals surface area contributed by atoms with Crippen LogP contribution in [0.3, 0.4) is 0 Å². The number of nitrogens with one attached hydrogen (secondary N) is 2. The van der Waals surface area contributed by atoms with E-state index in [4.69, 9.17) is 16.3 Å². The Morgan fingerprint density at radius 3 is 2.56 bits per heavy atom. The van der Waals surface area contributed by atoms with Gasteiger partial charge in [0.1, 0.15) is 0 Å². The zero-order chi connectivity index (χ0) is 26.0. The van der Waals surface area contributed by atoms with Gasteiger partial charge in [0.05, 0.1) is 23.7 Å². The number of carbonyl (C=O) groups is 1. The number of ether oxygens (including phenoxy) is 1. The van der Waals surface area contributed by atoms with E-state index in [1.54, 1.807) is 0 Å². The monoisotopic (exact) mass is 525 g/mol. The second-order valence-electron chi connectivity index (χ2n) is 8.69. The Bertz CT molecular complexity index is 1210. The van der Waals surface area contributed by atoms with Gasteiger partial charge < -0.3 is 20.3 Å². The summed E-state index contributed by atoms with van der Waals surface area (Å²) in [6.45, 7) is 3.04. The maximum absolute atomic E-state index is 14.1. The Hall–Kier alpha value is -2.96. The van der Waals surface area contributed by atoms with Crippen LogP contribution < -0.4 is 10.6 Å². The molecule has 1 aliphatic heterocycles.